The van der Waals surface area contributed by atoms with E-state index in [9.17, 15) is 0 Å². The summed E-state index contributed by atoms with van der Waals surface area (Å²) >= 11 is 11.8. The van der Waals surface area contributed by atoms with E-state index in [4.69, 9.17) is 23.2 Å². The number of hydrogen-bond donors (Lipinski definition) is 0. The molecule has 1 nitrogen and oxygen atoms in total. The van der Waals surface area contributed by atoms with Gasteiger partial charge in [0.05, 0.1) is 0 Å². The summed E-state index contributed by atoms with van der Waals surface area (Å²) in [5, 5.41) is 1.45. The summed E-state index contributed by atoms with van der Waals surface area (Å²) in [6, 6.07) is 5.64. The third kappa shape index (κ3) is 3.55. The summed E-state index contributed by atoms with van der Waals surface area (Å²) in [6.07, 6.45) is 0.961. The SMILES string of the molecule is CN(C)CCc1ccc(Cl)cc1Cl. The number of nitrogens with zero attached hydrogens (tertiary/aromatic N) is 1. The second-order valence-electron chi connectivity index (χ2n) is 3.29. The van der Waals surface area contributed by atoms with Crippen LogP contribution in [0.1, 0.15) is 5.56 Å². The zero-order valence-electron chi connectivity index (χ0n) is 7.85. The zero-order valence-corrected chi connectivity index (χ0v) is 9.36. The second-order valence-corrected chi connectivity index (χ2v) is 4.13. The van der Waals surface area contributed by atoms with Gasteiger partial charge in [-0.2, -0.15) is 0 Å². The maximum absolute atomic E-state index is 6.01. The standard InChI is InChI=1S/C10H13Cl2N/c1-13(2)6-5-8-3-4-9(11)7-10(8)12/h3-4,7H,5-6H2,1-2H3. The summed E-state index contributed by atoms with van der Waals surface area (Å²) in [5.74, 6) is 0. The molecule has 13 heavy (non-hydrogen) atoms. The molecule has 72 valence electrons. The summed E-state index contributed by atoms with van der Waals surface area (Å²) in [4.78, 5) is 2.13. The van der Waals surface area contributed by atoms with Crippen LogP contribution < -0.4 is 0 Å². The Morgan fingerprint density at radius 3 is 2.46 bits per heavy atom. The Morgan fingerprint density at radius 2 is 1.92 bits per heavy atom. The quantitative estimate of drug-likeness (QED) is 0.753. The number of likely N-dealkylation sites (N-methyl/N-ethyl adjacent to an activating group) is 1. The highest BCUT2D eigenvalue weighted by atomic mass is 35.5. The predicted octanol–water partition coefficient (Wildman–Crippen LogP) is 3.10. The van der Waals surface area contributed by atoms with Gasteiger partial charge in [-0.05, 0) is 38.2 Å². The van der Waals surface area contributed by atoms with Gasteiger partial charge in [-0.3, -0.25) is 0 Å². The molecule has 0 N–H and O–H groups in total. The van der Waals surface area contributed by atoms with Crippen molar-refractivity contribution in [3.63, 3.8) is 0 Å². The molecule has 0 bridgehead atoms. The monoisotopic (exact) mass is 217 g/mol. The van der Waals surface area contributed by atoms with Crippen molar-refractivity contribution in [2.75, 3.05) is 20.6 Å². The fraction of sp³-hybridized carbons (Fsp3) is 0.400. The fourth-order valence-corrected chi connectivity index (χ4v) is 1.57. The maximum atomic E-state index is 6.01. The van der Waals surface area contributed by atoms with Crippen molar-refractivity contribution in [1.29, 1.82) is 0 Å². The number of halogens is 2. The van der Waals surface area contributed by atoms with Gasteiger partial charge in [0.25, 0.3) is 0 Å². The smallest absolute Gasteiger partial charge is 0.0453 e. The largest absolute Gasteiger partial charge is 0.309 e. The van der Waals surface area contributed by atoms with Crippen molar-refractivity contribution in [1.82, 2.24) is 4.90 Å². The number of hydrogen-bond acceptors (Lipinski definition) is 1. The third-order valence-corrected chi connectivity index (χ3v) is 2.43. The van der Waals surface area contributed by atoms with Crippen molar-refractivity contribution in [2.24, 2.45) is 0 Å². The molecule has 0 saturated carbocycles. The van der Waals surface area contributed by atoms with E-state index in [1.165, 1.54) is 0 Å². The first-order valence-electron chi connectivity index (χ1n) is 4.18. The summed E-state index contributed by atoms with van der Waals surface area (Å²) < 4.78 is 0. The summed E-state index contributed by atoms with van der Waals surface area (Å²) in [5.41, 5.74) is 1.15. The van der Waals surface area contributed by atoms with Gasteiger partial charge in [0.1, 0.15) is 0 Å². The van der Waals surface area contributed by atoms with E-state index in [1.54, 1.807) is 6.07 Å². The van der Waals surface area contributed by atoms with Gasteiger partial charge in [0.15, 0.2) is 0 Å². The lowest BCUT2D eigenvalue weighted by atomic mass is 10.1. The number of benzene rings is 1. The van der Waals surface area contributed by atoms with Crippen molar-refractivity contribution in [2.45, 2.75) is 6.42 Å². The molecule has 1 rings (SSSR count). The van der Waals surface area contributed by atoms with Gasteiger partial charge in [-0.25, -0.2) is 0 Å². The normalized spacial score (nSPS) is 10.8. The Balaban J connectivity index is 2.67. The van der Waals surface area contributed by atoms with Gasteiger partial charge in [0.2, 0.25) is 0 Å². The Hall–Kier alpha value is -0.240. The van der Waals surface area contributed by atoms with Crippen LogP contribution in [0.25, 0.3) is 0 Å². The van der Waals surface area contributed by atoms with Crippen LogP contribution >= 0.6 is 23.2 Å². The van der Waals surface area contributed by atoms with Crippen LogP contribution in [0, 0.1) is 0 Å². The van der Waals surface area contributed by atoms with Gasteiger partial charge in [-0.15, -0.1) is 0 Å². The van der Waals surface area contributed by atoms with E-state index in [0.717, 1.165) is 23.6 Å². The molecule has 0 aliphatic carbocycles. The lowest BCUT2D eigenvalue weighted by Crippen LogP contribution is -2.15. The van der Waals surface area contributed by atoms with Gasteiger partial charge >= 0.3 is 0 Å². The molecule has 1 aromatic rings. The van der Waals surface area contributed by atoms with Crippen LogP contribution in [-0.4, -0.2) is 25.5 Å². The molecular weight excluding hydrogens is 205 g/mol. The minimum absolute atomic E-state index is 0.693. The molecule has 0 aliphatic heterocycles. The first-order chi connectivity index (χ1) is 6.09. The van der Waals surface area contributed by atoms with Crippen molar-refractivity contribution in [3.8, 4) is 0 Å². The molecule has 0 unspecified atom stereocenters. The minimum Gasteiger partial charge on any atom is -0.309 e. The van der Waals surface area contributed by atoms with Crippen molar-refractivity contribution < 1.29 is 0 Å². The molecular formula is C10H13Cl2N. The highest BCUT2D eigenvalue weighted by Crippen LogP contribution is 2.21. The van der Waals surface area contributed by atoms with E-state index in [2.05, 4.69) is 4.90 Å². The van der Waals surface area contributed by atoms with Crippen LogP contribution in [0.5, 0.6) is 0 Å². The van der Waals surface area contributed by atoms with Gasteiger partial charge in [0, 0.05) is 16.6 Å². The lowest BCUT2D eigenvalue weighted by Gasteiger charge is -2.10. The Morgan fingerprint density at radius 1 is 1.23 bits per heavy atom. The molecule has 0 radical (unpaired) electrons. The van der Waals surface area contributed by atoms with Crippen LogP contribution in [0.4, 0.5) is 0 Å². The highest BCUT2D eigenvalue weighted by molar-refractivity contribution is 6.35. The molecule has 0 aromatic heterocycles. The molecule has 3 heteroatoms. The minimum atomic E-state index is 0.693. The molecule has 1 aromatic carbocycles. The molecule has 0 heterocycles. The number of rotatable bonds is 3. The Kier molecular flexibility index (Phi) is 4.04. The predicted molar refractivity (Wildman–Crippen MR) is 58.7 cm³/mol. The van der Waals surface area contributed by atoms with E-state index in [0.29, 0.717) is 5.02 Å². The van der Waals surface area contributed by atoms with Crippen LogP contribution in [-0.2, 0) is 6.42 Å². The Labute approximate surface area is 89.3 Å². The molecule has 0 aliphatic rings. The van der Waals surface area contributed by atoms with Crippen LogP contribution in [0.15, 0.2) is 18.2 Å². The first-order valence-corrected chi connectivity index (χ1v) is 4.94. The topological polar surface area (TPSA) is 3.24 Å². The van der Waals surface area contributed by atoms with Crippen LogP contribution in [0.2, 0.25) is 10.0 Å². The van der Waals surface area contributed by atoms with Gasteiger partial charge < -0.3 is 4.90 Å². The Bertz CT molecular complexity index is 284. The summed E-state index contributed by atoms with van der Waals surface area (Å²) in [6.45, 7) is 1.00. The molecule has 0 amide bonds. The first kappa shape index (κ1) is 10.8. The van der Waals surface area contributed by atoms with Crippen molar-refractivity contribution in [3.05, 3.63) is 33.8 Å². The highest BCUT2D eigenvalue weighted by Gasteiger charge is 2.01. The van der Waals surface area contributed by atoms with Gasteiger partial charge in [-0.1, -0.05) is 29.3 Å². The molecule has 0 atom stereocenters. The zero-order chi connectivity index (χ0) is 9.84. The van der Waals surface area contributed by atoms with E-state index in [1.807, 2.05) is 26.2 Å². The molecule has 0 saturated heterocycles. The van der Waals surface area contributed by atoms with E-state index < -0.39 is 0 Å². The lowest BCUT2D eigenvalue weighted by molar-refractivity contribution is 0.413. The third-order valence-electron chi connectivity index (χ3n) is 1.84. The summed E-state index contributed by atoms with van der Waals surface area (Å²) in [7, 11) is 4.09. The average molecular weight is 218 g/mol. The van der Waals surface area contributed by atoms with Crippen LogP contribution in [0.3, 0.4) is 0 Å². The maximum Gasteiger partial charge on any atom is 0.0453 e. The second kappa shape index (κ2) is 4.85. The van der Waals surface area contributed by atoms with E-state index in [-0.39, 0.29) is 0 Å². The molecule has 0 spiro atoms. The average Bonchev–Trinajstić information content (AvgIpc) is 2.02. The van der Waals surface area contributed by atoms with E-state index >= 15 is 0 Å². The fourth-order valence-electron chi connectivity index (χ4n) is 1.07. The molecule has 0 fully saturated rings. The van der Waals surface area contributed by atoms with Crippen molar-refractivity contribution >= 4 is 23.2 Å².